The Morgan fingerprint density at radius 2 is 1.50 bits per heavy atom. The number of fused-ring (bicyclic) bond motifs is 4. The van der Waals surface area contributed by atoms with Crippen LogP contribution in [-0.2, 0) is 0 Å². The number of nitrogens with one attached hydrogen (secondary N) is 1. The van der Waals surface area contributed by atoms with Crippen LogP contribution in [0.25, 0.3) is 38.4 Å². The van der Waals surface area contributed by atoms with E-state index < -0.39 is 0 Å². The zero-order valence-corrected chi connectivity index (χ0v) is 12.0. The molecule has 0 saturated carbocycles. The number of para-hydroxylation sites is 2. The second-order valence-electron chi connectivity index (χ2n) is 5.62. The third-order valence-corrected chi connectivity index (χ3v) is 4.36. The van der Waals surface area contributed by atoms with Gasteiger partial charge in [-0.1, -0.05) is 36.4 Å². The lowest BCUT2D eigenvalue weighted by molar-refractivity contribution is 1.18. The van der Waals surface area contributed by atoms with Crippen LogP contribution in [0.3, 0.4) is 0 Å². The Labute approximate surface area is 127 Å². The molecule has 0 aliphatic rings. The third-order valence-electron chi connectivity index (χ3n) is 4.36. The van der Waals surface area contributed by atoms with Crippen molar-refractivity contribution in [1.82, 2.24) is 9.55 Å². The topological polar surface area (TPSA) is 20.7 Å². The minimum Gasteiger partial charge on any atom is -0.361 e. The molecule has 2 heterocycles. The first kappa shape index (κ1) is 11.6. The summed E-state index contributed by atoms with van der Waals surface area (Å²) in [5, 5.41) is 3.85. The monoisotopic (exact) mass is 282 g/mol. The van der Waals surface area contributed by atoms with Crippen molar-refractivity contribution in [3.8, 4) is 5.69 Å². The maximum Gasteiger partial charge on any atom is 0.0562 e. The predicted octanol–water partition coefficient (Wildman–Crippen LogP) is 5.27. The van der Waals surface area contributed by atoms with Crippen LogP contribution in [-0.4, -0.2) is 9.55 Å². The largest absolute Gasteiger partial charge is 0.361 e. The average Bonchev–Trinajstić information content (AvgIpc) is 3.15. The van der Waals surface area contributed by atoms with E-state index in [0.717, 1.165) is 0 Å². The third kappa shape index (κ3) is 1.49. The maximum atomic E-state index is 3.32. The van der Waals surface area contributed by atoms with Crippen molar-refractivity contribution in [2.24, 2.45) is 0 Å². The van der Waals surface area contributed by atoms with E-state index in [-0.39, 0.29) is 0 Å². The summed E-state index contributed by atoms with van der Waals surface area (Å²) in [6.07, 6.45) is 2.00. The highest BCUT2D eigenvalue weighted by molar-refractivity contribution is 6.13. The summed E-state index contributed by atoms with van der Waals surface area (Å²) in [5.74, 6) is 0. The molecule has 2 heteroatoms. The van der Waals surface area contributed by atoms with Crippen molar-refractivity contribution in [3.05, 3.63) is 79.0 Å². The number of hydrogen-bond acceptors (Lipinski definition) is 0. The van der Waals surface area contributed by atoms with Crippen LogP contribution in [0.1, 0.15) is 0 Å². The second-order valence-corrected chi connectivity index (χ2v) is 5.62. The van der Waals surface area contributed by atoms with Gasteiger partial charge in [0, 0.05) is 33.6 Å². The van der Waals surface area contributed by atoms with E-state index in [1.165, 1.54) is 38.4 Å². The maximum absolute atomic E-state index is 3.32. The molecule has 0 spiro atoms. The predicted molar refractivity (Wildman–Crippen MR) is 92.6 cm³/mol. The summed E-state index contributed by atoms with van der Waals surface area (Å²) in [4.78, 5) is 3.32. The molecule has 0 radical (unpaired) electrons. The lowest BCUT2D eigenvalue weighted by Gasteiger charge is -2.07. The van der Waals surface area contributed by atoms with Gasteiger partial charge in [-0.2, -0.15) is 0 Å². The summed E-state index contributed by atoms with van der Waals surface area (Å²) < 4.78 is 2.34. The summed E-state index contributed by atoms with van der Waals surface area (Å²) in [7, 11) is 0. The van der Waals surface area contributed by atoms with Gasteiger partial charge >= 0.3 is 0 Å². The van der Waals surface area contributed by atoms with E-state index in [0.29, 0.717) is 0 Å². The van der Waals surface area contributed by atoms with E-state index in [4.69, 9.17) is 0 Å². The van der Waals surface area contributed by atoms with E-state index in [2.05, 4.69) is 82.3 Å². The van der Waals surface area contributed by atoms with E-state index in [1.54, 1.807) is 0 Å². The van der Waals surface area contributed by atoms with Crippen LogP contribution in [0.15, 0.2) is 79.0 Å². The zero-order valence-electron chi connectivity index (χ0n) is 12.0. The van der Waals surface area contributed by atoms with Gasteiger partial charge in [-0.05, 0) is 36.4 Å². The molecule has 22 heavy (non-hydrogen) atoms. The Morgan fingerprint density at radius 1 is 0.682 bits per heavy atom. The average molecular weight is 282 g/mol. The number of nitrogens with zero attached hydrogens (tertiary/aromatic N) is 1. The molecular weight excluding hydrogens is 268 g/mol. The van der Waals surface area contributed by atoms with Gasteiger partial charge in [0.05, 0.1) is 11.0 Å². The van der Waals surface area contributed by atoms with Crippen molar-refractivity contribution >= 4 is 32.7 Å². The zero-order chi connectivity index (χ0) is 14.5. The summed E-state index contributed by atoms with van der Waals surface area (Å²) in [6.45, 7) is 0. The smallest absolute Gasteiger partial charge is 0.0562 e. The highest BCUT2D eigenvalue weighted by Gasteiger charge is 2.12. The Hall–Kier alpha value is -3.00. The first-order valence-corrected chi connectivity index (χ1v) is 7.47. The van der Waals surface area contributed by atoms with Gasteiger partial charge in [0.1, 0.15) is 0 Å². The fraction of sp³-hybridized carbons (Fsp3) is 0. The molecule has 3 aromatic carbocycles. The van der Waals surface area contributed by atoms with Gasteiger partial charge in [-0.15, -0.1) is 0 Å². The summed E-state index contributed by atoms with van der Waals surface area (Å²) in [5.41, 5.74) is 4.85. The summed E-state index contributed by atoms with van der Waals surface area (Å²) >= 11 is 0. The van der Waals surface area contributed by atoms with Gasteiger partial charge in [0.2, 0.25) is 0 Å². The van der Waals surface area contributed by atoms with Gasteiger partial charge < -0.3 is 9.55 Å². The van der Waals surface area contributed by atoms with Gasteiger partial charge in [0.25, 0.3) is 0 Å². The van der Waals surface area contributed by atoms with E-state index in [1.807, 2.05) is 6.20 Å². The number of hydrogen-bond donors (Lipinski definition) is 1. The molecule has 0 saturated heterocycles. The molecule has 1 N–H and O–H groups in total. The molecule has 0 fully saturated rings. The Balaban J connectivity index is 2.04. The number of benzene rings is 3. The van der Waals surface area contributed by atoms with Crippen molar-refractivity contribution in [1.29, 1.82) is 0 Å². The van der Waals surface area contributed by atoms with Crippen molar-refractivity contribution < 1.29 is 0 Å². The molecule has 0 amide bonds. The minimum atomic E-state index is 1.17. The first-order valence-electron chi connectivity index (χ1n) is 7.47. The van der Waals surface area contributed by atoms with Crippen LogP contribution >= 0.6 is 0 Å². The van der Waals surface area contributed by atoms with Crippen molar-refractivity contribution in [3.63, 3.8) is 0 Å². The molecule has 5 aromatic rings. The number of rotatable bonds is 1. The van der Waals surface area contributed by atoms with Crippen molar-refractivity contribution in [2.75, 3.05) is 0 Å². The number of aromatic amines is 1. The lowest BCUT2D eigenvalue weighted by atomic mass is 10.1. The molecule has 0 aliphatic heterocycles. The fourth-order valence-electron chi connectivity index (χ4n) is 3.37. The molecule has 0 atom stereocenters. The number of aromatic nitrogens is 2. The van der Waals surface area contributed by atoms with Crippen molar-refractivity contribution in [2.45, 2.75) is 0 Å². The quantitative estimate of drug-likeness (QED) is 0.432. The first-order chi connectivity index (χ1) is 10.9. The Kier molecular flexibility index (Phi) is 2.25. The minimum absolute atomic E-state index is 1.17. The summed E-state index contributed by atoms with van der Waals surface area (Å²) in [6, 6.07) is 25.8. The van der Waals surface area contributed by atoms with Gasteiger partial charge in [-0.3, -0.25) is 0 Å². The van der Waals surface area contributed by atoms with Crippen LogP contribution in [0.4, 0.5) is 0 Å². The van der Waals surface area contributed by atoms with Crippen LogP contribution in [0.2, 0.25) is 0 Å². The standard InChI is InChI=1S/C20H14N2/c1-2-6-15(7-3-1)22-19-9-5-4-8-16(19)17-12-14-10-11-21-18(14)13-20(17)22/h1-13,21H. The molecule has 5 rings (SSSR count). The Morgan fingerprint density at radius 3 is 2.41 bits per heavy atom. The van der Waals surface area contributed by atoms with Crippen LogP contribution in [0.5, 0.6) is 0 Å². The van der Waals surface area contributed by atoms with Gasteiger partial charge in [-0.25, -0.2) is 0 Å². The van der Waals surface area contributed by atoms with Gasteiger partial charge in [0.15, 0.2) is 0 Å². The lowest BCUT2D eigenvalue weighted by Crippen LogP contribution is -1.92. The molecule has 0 bridgehead atoms. The SMILES string of the molecule is c1ccc(-n2c3ccccc3c3cc4cc[nH]c4cc32)cc1. The second kappa shape index (κ2) is 4.25. The fourth-order valence-corrected chi connectivity index (χ4v) is 3.37. The molecule has 2 nitrogen and oxygen atoms in total. The van der Waals surface area contributed by atoms with E-state index in [9.17, 15) is 0 Å². The molecule has 104 valence electrons. The molecule has 2 aromatic heterocycles. The van der Waals surface area contributed by atoms with Crippen LogP contribution < -0.4 is 0 Å². The number of H-pyrrole nitrogens is 1. The Bertz CT molecular complexity index is 1110. The molecule has 0 unspecified atom stereocenters. The highest BCUT2D eigenvalue weighted by Crippen LogP contribution is 2.34. The normalized spacial score (nSPS) is 11.6. The highest BCUT2D eigenvalue weighted by atomic mass is 15.0. The molecular formula is C20H14N2. The molecule has 0 aliphatic carbocycles. The van der Waals surface area contributed by atoms with Crippen LogP contribution in [0, 0.1) is 0 Å². The van der Waals surface area contributed by atoms with E-state index >= 15 is 0 Å².